The summed E-state index contributed by atoms with van der Waals surface area (Å²) >= 11 is 5.85. The standard InChI is InChI=1S/C16H23ClN2O2.ClH/c1-2-3-4-14(16(20)21)12-7-9-19(10-8-12)15-6-5-13(17)11-18-15;/h5-6,11-12,14H,2-4,7-10H2,1H3,(H,20,21);1H. The molecule has 1 aromatic heterocycles. The first-order valence-electron chi connectivity index (χ1n) is 7.71. The zero-order valence-electron chi connectivity index (χ0n) is 12.9. The quantitative estimate of drug-likeness (QED) is 0.835. The van der Waals surface area contributed by atoms with E-state index in [-0.39, 0.29) is 24.2 Å². The van der Waals surface area contributed by atoms with Crippen molar-refractivity contribution in [2.75, 3.05) is 18.0 Å². The number of carboxylic acids is 1. The van der Waals surface area contributed by atoms with Crippen LogP contribution < -0.4 is 4.90 Å². The van der Waals surface area contributed by atoms with Crippen LogP contribution in [0, 0.1) is 11.8 Å². The SMILES string of the molecule is CCCCC(C(=O)O)C1CCN(c2ccc(Cl)cn2)CC1.Cl. The summed E-state index contributed by atoms with van der Waals surface area (Å²) in [5.41, 5.74) is 0. The number of rotatable bonds is 6. The largest absolute Gasteiger partial charge is 0.481 e. The van der Waals surface area contributed by atoms with Gasteiger partial charge in [-0.1, -0.05) is 31.4 Å². The lowest BCUT2D eigenvalue weighted by Crippen LogP contribution is -2.38. The molecule has 1 aliphatic heterocycles. The number of nitrogens with zero attached hydrogens (tertiary/aromatic N) is 2. The first-order chi connectivity index (χ1) is 10.1. The third-order valence-electron chi connectivity index (χ3n) is 4.33. The van der Waals surface area contributed by atoms with Gasteiger partial charge >= 0.3 is 5.97 Å². The highest BCUT2D eigenvalue weighted by Crippen LogP contribution is 2.30. The summed E-state index contributed by atoms with van der Waals surface area (Å²) in [6.45, 7) is 3.85. The zero-order chi connectivity index (χ0) is 15.2. The van der Waals surface area contributed by atoms with Crippen molar-refractivity contribution in [3.05, 3.63) is 23.4 Å². The van der Waals surface area contributed by atoms with Crippen LogP contribution in [0.3, 0.4) is 0 Å². The Labute approximate surface area is 143 Å². The lowest BCUT2D eigenvalue weighted by molar-refractivity contribution is -0.144. The van der Waals surface area contributed by atoms with E-state index in [9.17, 15) is 9.90 Å². The molecule has 6 heteroatoms. The van der Waals surface area contributed by atoms with Gasteiger partial charge in [-0.2, -0.15) is 0 Å². The third kappa shape index (κ3) is 5.03. The number of carboxylic acid groups (broad SMARTS) is 1. The van der Waals surface area contributed by atoms with Crippen molar-refractivity contribution < 1.29 is 9.90 Å². The zero-order valence-corrected chi connectivity index (χ0v) is 14.4. The van der Waals surface area contributed by atoms with Gasteiger partial charge in [0.15, 0.2) is 0 Å². The van der Waals surface area contributed by atoms with Gasteiger partial charge in [0.2, 0.25) is 0 Å². The van der Waals surface area contributed by atoms with E-state index in [0.717, 1.165) is 51.0 Å². The molecule has 1 fully saturated rings. The van der Waals surface area contributed by atoms with Crippen LogP contribution in [0.25, 0.3) is 0 Å². The topological polar surface area (TPSA) is 53.4 Å². The van der Waals surface area contributed by atoms with Crippen LogP contribution in [0.15, 0.2) is 18.3 Å². The summed E-state index contributed by atoms with van der Waals surface area (Å²) in [5.74, 6) is 0.396. The number of pyridine rings is 1. The second kappa shape index (κ2) is 9.21. The minimum atomic E-state index is -0.633. The highest BCUT2D eigenvalue weighted by molar-refractivity contribution is 6.30. The number of unbranched alkanes of at least 4 members (excludes halogenated alkanes) is 1. The number of hydrogen-bond acceptors (Lipinski definition) is 3. The molecule has 22 heavy (non-hydrogen) atoms. The molecule has 0 bridgehead atoms. The molecular formula is C16H24Cl2N2O2. The fourth-order valence-corrected chi connectivity index (χ4v) is 3.18. The van der Waals surface area contributed by atoms with Crippen LogP contribution in [0.5, 0.6) is 0 Å². The van der Waals surface area contributed by atoms with Crippen LogP contribution in [0.2, 0.25) is 5.02 Å². The van der Waals surface area contributed by atoms with Gasteiger partial charge in [0.1, 0.15) is 5.82 Å². The van der Waals surface area contributed by atoms with E-state index in [1.807, 2.05) is 12.1 Å². The molecule has 0 aliphatic carbocycles. The predicted octanol–water partition coefficient (Wildman–Crippen LogP) is 4.26. The molecule has 0 aromatic carbocycles. The first-order valence-corrected chi connectivity index (χ1v) is 8.09. The molecule has 1 aromatic rings. The van der Waals surface area contributed by atoms with Crippen LogP contribution >= 0.6 is 24.0 Å². The predicted molar refractivity (Wildman–Crippen MR) is 92.1 cm³/mol. The van der Waals surface area contributed by atoms with Gasteiger partial charge in [-0.3, -0.25) is 4.79 Å². The molecule has 0 radical (unpaired) electrons. The van der Waals surface area contributed by atoms with Gasteiger partial charge in [-0.25, -0.2) is 4.98 Å². The fourth-order valence-electron chi connectivity index (χ4n) is 3.07. The third-order valence-corrected chi connectivity index (χ3v) is 4.55. The summed E-state index contributed by atoms with van der Waals surface area (Å²) in [6.07, 6.45) is 6.35. The number of hydrogen-bond donors (Lipinski definition) is 1. The Morgan fingerprint density at radius 1 is 1.45 bits per heavy atom. The van der Waals surface area contributed by atoms with Crippen molar-refractivity contribution in [2.45, 2.75) is 39.0 Å². The number of aromatic nitrogens is 1. The molecule has 2 rings (SSSR count). The molecule has 1 saturated heterocycles. The monoisotopic (exact) mass is 346 g/mol. The number of aliphatic carboxylic acids is 1. The second-order valence-electron chi connectivity index (χ2n) is 5.75. The van der Waals surface area contributed by atoms with Gasteiger partial charge in [-0.05, 0) is 37.3 Å². The van der Waals surface area contributed by atoms with Crippen LogP contribution in [0.4, 0.5) is 5.82 Å². The number of halogens is 2. The highest BCUT2D eigenvalue weighted by atomic mass is 35.5. The Morgan fingerprint density at radius 2 is 2.14 bits per heavy atom. The molecule has 0 saturated carbocycles. The molecule has 124 valence electrons. The van der Waals surface area contributed by atoms with Crippen molar-refractivity contribution in [1.82, 2.24) is 4.98 Å². The molecule has 4 nitrogen and oxygen atoms in total. The van der Waals surface area contributed by atoms with E-state index in [2.05, 4.69) is 16.8 Å². The molecule has 2 heterocycles. The summed E-state index contributed by atoms with van der Waals surface area (Å²) in [4.78, 5) is 18.0. The summed E-state index contributed by atoms with van der Waals surface area (Å²) in [7, 11) is 0. The summed E-state index contributed by atoms with van der Waals surface area (Å²) in [5, 5.41) is 10.1. The summed E-state index contributed by atoms with van der Waals surface area (Å²) < 4.78 is 0. The van der Waals surface area contributed by atoms with Crippen molar-refractivity contribution in [3.8, 4) is 0 Å². The van der Waals surface area contributed by atoms with Gasteiger partial charge in [0.05, 0.1) is 10.9 Å². The van der Waals surface area contributed by atoms with Gasteiger partial charge in [0.25, 0.3) is 0 Å². The normalized spacial score (nSPS) is 16.9. The molecule has 1 N–H and O–H groups in total. The van der Waals surface area contributed by atoms with Gasteiger partial charge in [0, 0.05) is 19.3 Å². The van der Waals surface area contributed by atoms with Crippen LogP contribution in [0.1, 0.15) is 39.0 Å². The smallest absolute Gasteiger partial charge is 0.306 e. The Kier molecular flexibility index (Phi) is 7.97. The minimum absolute atomic E-state index is 0. The Morgan fingerprint density at radius 3 is 2.64 bits per heavy atom. The number of piperidine rings is 1. The average Bonchev–Trinajstić information content (AvgIpc) is 2.49. The van der Waals surface area contributed by atoms with E-state index in [1.165, 1.54) is 0 Å². The maximum absolute atomic E-state index is 11.5. The van der Waals surface area contributed by atoms with E-state index in [0.29, 0.717) is 5.02 Å². The Balaban J connectivity index is 0.00000242. The van der Waals surface area contributed by atoms with Crippen molar-refractivity contribution >= 4 is 35.8 Å². The van der Waals surface area contributed by atoms with E-state index < -0.39 is 5.97 Å². The van der Waals surface area contributed by atoms with Crippen molar-refractivity contribution in [2.24, 2.45) is 11.8 Å². The molecule has 0 amide bonds. The average molecular weight is 347 g/mol. The fraction of sp³-hybridized carbons (Fsp3) is 0.625. The maximum Gasteiger partial charge on any atom is 0.306 e. The Hall–Kier alpha value is -1.000. The first kappa shape index (κ1) is 19.0. The van der Waals surface area contributed by atoms with Crippen LogP contribution in [-0.2, 0) is 4.79 Å². The molecule has 1 atom stereocenters. The van der Waals surface area contributed by atoms with E-state index in [1.54, 1.807) is 6.20 Å². The van der Waals surface area contributed by atoms with Gasteiger partial charge in [-0.15, -0.1) is 12.4 Å². The molecular weight excluding hydrogens is 323 g/mol. The van der Waals surface area contributed by atoms with Crippen molar-refractivity contribution in [3.63, 3.8) is 0 Å². The number of carbonyl (C=O) groups is 1. The van der Waals surface area contributed by atoms with Gasteiger partial charge < -0.3 is 10.0 Å². The second-order valence-corrected chi connectivity index (χ2v) is 6.18. The number of anilines is 1. The highest BCUT2D eigenvalue weighted by Gasteiger charge is 2.31. The Bertz CT molecular complexity index is 460. The van der Waals surface area contributed by atoms with Crippen LogP contribution in [-0.4, -0.2) is 29.1 Å². The lowest BCUT2D eigenvalue weighted by atomic mass is 9.81. The van der Waals surface area contributed by atoms with E-state index in [4.69, 9.17) is 11.6 Å². The molecule has 1 unspecified atom stereocenters. The van der Waals surface area contributed by atoms with Crippen molar-refractivity contribution in [1.29, 1.82) is 0 Å². The minimum Gasteiger partial charge on any atom is -0.481 e. The molecule has 1 aliphatic rings. The maximum atomic E-state index is 11.5. The van der Waals surface area contributed by atoms with E-state index >= 15 is 0 Å². The lowest BCUT2D eigenvalue weighted by Gasteiger charge is -2.35. The molecule has 0 spiro atoms. The summed E-state index contributed by atoms with van der Waals surface area (Å²) in [6, 6.07) is 3.77.